The van der Waals surface area contributed by atoms with E-state index in [2.05, 4.69) is 15.6 Å². The number of pyridine rings is 1. The third-order valence-electron chi connectivity index (χ3n) is 5.96. The minimum atomic E-state index is -0.854. The molecule has 2 aromatic carbocycles. The number of aryl methyl sites for hydroxylation is 1. The molecule has 0 bridgehead atoms. The van der Waals surface area contributed by atoms with Crippen molar-refractivity contribution >= 4 is 23.6 Å². The summed E-state index contributed by atoms with van der Waals surface area (Å²) in [6.45, 7) is 0.168. The number of urea groups is 1. The molecule has 10 heteroatoms. The minimum Gasteiger partial charge on any atom is -0.457 e. The van der Waals surface area contributed by atoms with Crippen LogP contribution in [0, 0.1) is 11.3 Å². The number of nitrogens with zero attached hydrogens (tertiary/aromatic N) is 2. The number of nitriles is 1. The molecular formula is C27H21ClN4O5. The highest BCUT2D eigenvalue weighted by atomic mass is 35.5. The maximum atomic E-state index is 13.4. The van der Waals surface area contributed by atoms with E-state index in [1.54, 1.807) is 30.3 Å². The zero-order valence-electron chi connectivity index (χ0n) is 19.5. The maximum Gasteiger partial charge on any atom is 0.338 e. The van der Waals surface area contributed by atoms with Crippen molar-refractivity contribution < 1.29 is 23.8 Å². The molecule has 2 aliphatic heterocycles. The van der Waals surface area contributed by atoms with Gasteiger partial charge in [-0.05, 0) is 59.9 Å². The second-order valence-electron chi connectivity index (χ2n) is 8.44. The Bertz CT molecular complexity index is 1450. The summed E-state index contributed by atoms with van der Waals surface area (Å²) in [7, 11) is 0. The van der Waals surface area contributed by atoms with Crippen molar-refractivity contribution in [3.8, 4) is 17.6 Å². The van der Waals surface area contributed by atoms with Gasteiger partial charge in [0.2, 0.25) is 6.79 Å². The van der Waals surface area contributed by atoms with Gasteiger partial charge in [-0.2, -0.15) is 5.26 Å². The van der Waals surface area contributed by atoms with Gasteiger partial charge in [-0.3, -0.25) is 4.98 Å². The van der Waals surface area contributed by atoms with Crippen LogP contribution in [0.3, 0.4) is 0 Å². The highest BCUT2D eigenvalue weighted by Gasteiger charge is 2.34. The molecule has 0 saturated heterocycles. The Morgan fingerprint density at radius 2 is 1.97 bits per heavy atom. The van der Waals surface area contributed by atoms with Crippen LogP contribution in [0.25, 0.3) is 0 Å². The topological polar surface area (TPSA) is 123 Å². The molecule has 0 fully saturated rings. The first-order chi connectivity index (χ1) is 18.0. The number of fused-ring (bicyclic) bond motifs is 1. The fourth-order valence-electron chi connectivity index (χ4n) is 4.20. The number of hydrogen-bond donors (Lipinski definition) is 2. The first-order valence-electron chi connectivity index (χ1n) is 11.5. The number of amides is 2. The van der Waals surface area contributed by atoms with Gasteiger partial charge in [-0.1, -0.05) is 29.8 Å². The summed E-state index contributed by atoms with van der Waals surface area (Å²) in [6, 6.07) is 14.9. The predicted molar refractivity (Wildman–Crippen MR) is 133 cm³/mol. The Morgan fingerprint density at radius 1 is 1.11 bits per heavy atom. The van der Waals surface area contributed by atoms with Gasteiger partial charge in [0.05, 0.1) is 17.2 Å². The van der Waals surface area contributed by atoms with Gasteiger partial charge in [0.25, 0.3) is 0 Å². The van der Waals surface area contributed by atoms with Gasteiger partial charge < -0.3 is 24.8 Å². The number of esters is 1. The van der Waals surface area contributed by atoms with Crippen molar-refractivity contribution in [2.24, 2.45) is 0 Å². The molecule has 1 atom stereocenters. The number of allylic oxidation sites excluding steroid dienone is 1. The number of aromatic nitrogens is 1. The summed E-state index contributed by atoms with van der Waals surface area (Å²) in [5.41, 5.74) is 3.12. The van der Waals surface area contributed by atoms with Crippen LogP contribution >= 0.6 is 11.6 Å². The van der Waals surface area contributed by atoms with Gasteiger partial charge in [-0.15, -0.1) is 0 Å². The Morgan fingerprint density at radius 3 is 2.81 bits per heavy atom. The van der Waals surface area contributed by atoms with E-state index in [4.69, 9.17) is 25.8 Å². The highest BCUT2D eigenvalue weighted by molar-refractivity contribution is 6.30. The summed E-state index contributed by atoms with van der Waals surface area (Å²) in [6.07, 6.45) is 3.78. The molecule has 5 rings (SSSR count). The molecule has 2 amide bonds. The Labute approximate surface area is 217 Å². The van der Waals surface area contributed by atoms with Crippen molar-refractivity contribution in [1.29, 1.82) is 5.26 Å². The summed E-state index contributed by atoms with van der Waals surface area (Å²) < 4.78 is 16.5. The maximum absolute atomic E-state index is 13.4. The number of benzene rings is 2. The number of carbonyl (C=O) groups is 2. The Kier molecular flexibility index (Phi) is 6.92. The zero-order chi connectivity index (χ0) is 25.8. The number of halogens is 1. The fourth-order valence-corrected chi connectivity index (χ4v) is 4.41. The summed E-state index contributed by atoms with van der Waals surface area (Å²) in [5, 5.41) is 15.4. The van der Waals surface area contributed by atoms with Gasteiger partial charge >= 0.3 is 12.0 Å². The number of hydrogen-bond acceptors (Lipinski definition) is 7. The van der Waals surface area contributed by atoms with Crippen molar-refractivity contribution in [1.82, 2.24) is 15.6 Å². The molecule has 0 spiro atoms. The van der Waals surface area contributed by atoms with Crippen LogP contribution in [0.1, 0.15) is 34.7 Å². The van der Waals surface area contributed by atoms with E-state index in [1.165, 1.54) is 12.4 Å². The second-order valence-corrected chi connectivity index (χ2v) is 8.87. The van der Waals surface area contributed by atoms with Crippen LogP contribution in [0.2, 0.25) is 5.02 Å². The van der Waals surface area contributed by atoms with Gasteiger partial charge in [0, 0.05) is 23.1 Å². The van der Waals surface area contributed by atoms with Crippen LogP contribution < -0.4 is 20.1 Å². The summed E-state index contributed by atoms with van der Waals surface area (Å²) in [4.78, 5) is 30.2. The molecule has 37 heavy (non-hydrogen) atoms. The number of ether oxygens (including phenoxy) is 3. The fraction of sp³-hybridized carbons (Fsp3) is 0.185. The summed E-state index contributed by atoms with van der Waals surface area (Å²) >= 11 is 6.06. The first-order valence-corrected chi connectivity index (χ1v) is 11.8. The van der Waals surface area contributed by atoms with Crippen LogP contribution in [-0.2, 0) is 22.6 Å². The highest BCUT2D eigenvalue weighted by Crippen LogP contribution is 2.34. The van der Waals surface area contributed by atoms with Gasteiger partial charge in [0.1, 0.15) is 12.7 Å². The second kappa shape index (κ2) is 10.6. The lowest BCUT2D eigenvalue weighted by atomic mass is 9.93. The lowest BCUT2D eigenvalue weighted by Crippen LogP contribution is -2.46. The average Bonchev–Trinajstić information content (AvgIpc) is 3.38. The monoisotopic (exact) mass is 516 g/mol. The molecule has 3 aromatic rings. The number of carbonyl (C=O) groups excluding carboxylic acids is 2. The molecule has 0 aliphatic carbocycles. The lowest BCUT2D eigenvalue weighted by molar-refractivity contribution is -0.140. The van der Waals surface area contributed by atoms with Crippen LogP contribution in [0.15, 0.2) is 72.2 Å². The van der Waals surface area contributed by atoms with Crippen molar-refractivity contribution in [2.75, 3.05) is 6.79 Å². The van der Waals surface area contributed by atoms with E-state index >= 15 is 0 Å². The molecule has 2 N–H and O–H groups in total. The molecule has 2 aliphatic rings. The first kappa shape index (κ1) is 24.2. The molecular weight excluding hydrogens is 496 g/mol. The lowest BCUT2D eigenvalue weighted by Gasteiger charge is -2.29. The van der Waals surface area contributed by atoms with E-state index < -0.39 is 18.0 Å². The minimum absolute atomic E-state index is 0.00448. The van der Waals surface area contributed by atoms with Crippen LogP contribution in [0.5, 0.6) is 11.5 Å². The smallest absolute Gasteiger partial charge is 0.338 e. The largest absolute Gasteiger partial charge is 0.457 e. The van der Waals surface area contributed by atoms with Crippen molar-refractivity contribution in [3.63, 3.8) is 0 Å². The van der Waals surface area contributed by atoms with E-state index in [0.717, 1.165) is 11.1 Å². The Balaban J connectivity index is 1.46. The van der Waals surface area contributed by atoms with E-state index in [9.17, 15) is 14.9 Å². The SMILES string of the molecule is N#Cc1cncc(C2NC(=O)NC(CCc3ccc4c(c3)OCO4)=C2C(=O)OCc2cccc(Cl)c2)c1. The molecule has 3 heterocycles. The average molecular weight is 517 g/mol. The molecule has 0 radical (unpaired) electrons. The normalized spacial score (nSPS) is 16.0. The third-order valence-corrected chi connectivity index (χ3v) is 6.19. The van der Waals surface area contributed by atoms with Crippen LogP contribution in [0.4, 0.5) is 4.79 Å². The molecule has 1 aromatic heterocycles. The molecule has 186 valence electrons. The van der Waals surface area contributed by atoms with Crippen molar-refractivity contribution in [3.05, 3.63) is 99.5 Å². The molecule has 0 saturated carbocycles. The van der Waals surface area contributed by atoms with Gasteiger partial charge in [0.15, 0.2) is 11.5 Å². The molecule has 1 unspecified atom stereocenters. The quantitative estimate of drug-likeness (QED) is 0.448. The summed E-state index contributed by atoms with van der Waals surface area (Å²) in [5.74, 6) is 0.716. The zero-order valence-corrected chi connectivity index (χ0v) is 20.2. The number of nitrogens with one attached hydrogen (secondary N) is 2. The standard InChI is InChI=1S/C27H21ClN4O5/c28-20-3-1-2-17(9-20)14-35-26(33)24-21(6-4-16-5-7-22-23(10-16)37-15-36-22)31-27(34)32-25(24)19-8-18(11-29)12-30-13-19/h1-3,5,7-10,12-13,25H,4,6,14-15H2,(H2,31,32,34). The van der Waals surface area contributed by atoms with E-state index in [0.29, 0.717) is 46.2 Å². The van der Waals surface area contributed by atoms with E-state index in [1.807, 2.05) is 24.3 Å². The number of rotatable bonds is 7. The van der Waals surface area contributed by atoms with Crippen LogP contribution in [-0.4, -0.2) is 23.8 Å². The predicted octanol–water partition coefficient (Wildman–Crippen LogP) is 4.32. The molecule has 9 nitrogen and oxygen atoms in total. The van der Waals surface area contributed by atoms with E-state index in [-0.39, 0.29) is 19.0 Å². The van der Waals surface area contributed by atoms with Gasteiger partial charge in [-0.25, -0.2) is 9.59 Å². The van der Waals surface area contributed by atoms with Crippen molar-refractivity contribution in [2.45, 2.75) is 25.5 Å². The Hall–Kier alpha value is -4.55. The third kappa shape index (κ3) is 5.50.